The Hall–Kier alpha value is -2.21. The standard InChI is InChI=1S/C14H18N2O4/c1-10(2)9-20-8-7-15-14(17)13-11(3)5-4-6-12(13)16(18)19/h4-6H,1,7-9H2,2-3H3,(H,15,17). The van der Waals surface area contributed by atoms with Gasteiger partial charge in [0.2, 0.25) is 0 Å². The second-order valence-corrected chi connectivity index (χ2v) is 4.49. The van der Waals surface area contributed by atoms with Gasteiger partial charge in [-0.2, -0.15) is 0 Å². The van der Waals surface area contributed by atoms with Gasteiger partial charge in [-0.15, -0.1) is 0 Å². The Kier molecular flexibility index (Phi) is 5.86. The molecule has 0 aliphatic heterocycles. The van der Waals surface area contributed by atoms with E-state index in [1.165, 1.54) is 6.07 Å². The van der Waals surface area contributed by atoms with Crippen molar-refractivity contribution in [2.75, 3.05) is 19.8 Å². The van der Waals surface area contributed by atoms with Crippen molar-refractivity contribution in [3.05, 3.63) is 51.6 Å². The second kappa shape index (κ2) is 7.40. The third-order valence-electron chi connectivity index (χ3n) is 2.55. The molecule has 0 atom stereocenters. The van der Waals surface area contributed by atoms with Crippen LogP contribution >= 0.6 is 0 Å². The summed E-state index contributed by atoms with van der Waals surface area (Å²) < 4.78 is 5.24. The summed E-state index contributed by atoms with van der Waals surface area (Å²) in [4.78, 5) is 22.4. The summed E-state index contributed by atoms with van der Waals surface area (Å²) in [6, 6.07) is 4.54. The van der Waals surface area contributed by atoms with Gasteiger partial charge in [-0.1, -0.05) is 24.3 Å². The van der Waals surface area contributed by atoms with Gasteiger partial charge >= 0.3 is 0 Å². The molecule has 0 spiro atoms. The fraction of sp³-hybridized carbons (Fsp3) is 0.357. The number of nitro benzene ring substituents is 1. The topological polar surface area (TPSA) is 81.5 Å². The summed E-state index contributed by atoms with van der Waals surface area (Å²) in [6.45, 7) is 8.25. The molecule has 6 heteroatoms. The molecule has 0 radical (unpaired) electrons. The summed E-state index contributed by atoms with van der Waals surface area (Å²) in [6.07, 6.45) is 0. The van der Waals surface area contributed by atoms with Crippen LogP contribution in [0.1, 0.15) is 22.8 Å². The van der Waals surface area contributed by atoms with Crippen molar-refractivity contribution < 1.29 is 14.5 Å². The van der Waals surface area contributed by atoms with E-state index in [4.69, 9.17) is 4.74 Å². The predicted molar refractivity (Wildman–Crippen MR) is 75.8 cm³/mol. The van der Waals surface area contributed by atoms with Gasteiger partial charge in [0.05, 0.1) is 18.1 Å². The highest BCUT2D eigenvalue weighted by atomic mass is 16.6. The first-order valence-electron chi connectivity index (χ1n) is 6.17. The van der Waals surface area contributed by atoms with E-state index in [0.29, 0.717) is 18.8 Å². The lowest BCUT2D eigenvalue weighted by Crippen LogP contribution is -2.28. The number of nitrogens with zero attached hydrogens (tertiary/aromatic N) is 1. The van der Waals surface area contributed by atoms with Crippen molar-refractivity contribution in [1.82, 2.24) is 5.32 Å². The van der Waals surface area contributed by atoms with Crippen LogP contribution in [0.25, 0.3) is 0 Å². The second-order valence-electron chi connectivity index (χ2n) is 4.49. The summed E-state index contributed by atoms with van der Waals surface area (Å²) in [7, 11) is 0. The zero-order valence-electron chi connectivity index (χ0n) is 11.6. The maximum absolute atomic E-state index is 12.0. The number of ether oxygens (including phenoxy) is 1. The minimum Gasteiger partial charge on any atom is -0.375 e. The quantitative estimate of drug-likeness (QED) is 0.359. The fourth-order valence-electron chi connectivity index (χ4n) is 1.67. The molecule has 0 unspecified atom stereocenters. The van der Waals surface area contributed by atoms with E-state index < -0.39 is 10.8 Å². The van der Waals surface area contributed by atoms with Crippen molar-refractivity contribution in [2.45, 2.75) is 13.8 Å². The van der Waals surface area contributed by atoms with Crippen LogP contribution < -0.4 is 5.32 Å². The number of carbonyl (C=O) groups excluding carboxylic acids is 1. The zero-order chi connectivity index (χ0) is 15.1. The number of aryl methyl sites for hydroxylation is 1. The van der Waals surface area contributed by atoms with Crippen molar-refractivity contribution in [1.29, 1.82) is 0 Å². The SMILES string of the molecule is C=C(C)COCCNC(=O)c1c(C)cccc1[N+](=O)[O-]. The summed E-state index contributed by atoms with van der Waals surface area (Å²) >= 11 is 0. The Balaban J connectivity index is 2.64. The molecule has 1 aromatic carbocycles. The van der Waals surface area contributed by atoms with Gasteiger partial charge in [-0.25, -0.2) is 0 Å². The number of rotatable bonds is 7. The molecule has 108 valence electrons. The molecule has 0 bridgehead atoms. The molecule has 1 amide bonds. The molecule has 6 nitrogen and oxygen atoms in total. The fourth-order valence-corrected chi connectivity index (χ4v) is 1.67. The molecule has 1 rings (SSSR count). The normalized spacial score (nSPS) is 10.1. The number of nitrogens with one attached hydrogen (secondary N) is 1. The lowest BCUT2D eigenvalue weighted by Gasteiger charge is -2.08. The lowest BCUT2D eigenvalue weighted by atomic mass is 10.1. The van der Waals surface area contributed by atoms with E-state index in [-0.39, 0.29) is 17.8 Å². The minimum atomic E-state index is -0.556. The largest absolute Gasteiger partial charge is 0.375 e. The highest BCUT2D eigenvalue weighted by molar-refractivity contribution is 5.99. The number of amides is 1. The van der Waals surface area contributed by atoms with E-state index in [9.17, 15) is 14.9 Å². The molecule has 0 aliphatic carbocycles. The molecular formula is C14H18N2O4. The number of carbonyl (C=O) groups is 1. The lowest BCUT2D eigenvalue weighted by molar-refractivity contribution is -0.385. The van der Waals surface area contributed by atoms with E-state index in [2.05, 4.69) is 11.9 Å². The monoisotopic (exact) mass is 278 g/mol. The van der Waals surface area contributed by atoms with Crippen LogP contribution in [0.5, 0.6) is 0 Å². The molecule has 1 aromatic rings. The van der Waals surface area contributed by atoms with Gasteiger partial charge in [-0.3, -0.25) is 14.9 Å². The Bertz CT molecular complexity index is 526. The molecule has 0 saturated heterocycles. The average molecular weight is 278 g/mol. The Morgan fingerprint density at radius 2 is 2.20 bits per heavy atom. The maximum atomic E-state index is 12.0. The third-order valence-corrected chi connectivity index (χ3v) is 2.55. The van der Waals surface area contributed by atoms with Crippen molar-refractivity contribution in [3.8, 4) is 0 Å². The number of hydrogen-bond acceptors (Lipinski definition) is 4. The number of nitro groups is 1. The van der Waals surface area contributed by atoms with Crippen LogP contribution in [0.4, 0.5) is 5.69 Å². The minimum absolute atomic E-state index is 0.0948. The van der Waals surface area contributed by atoms with E-state index in [0.717, 1.165) is 5.57 Å². The smallest absolute Gasteiger partial charge is 0.282 e. The van der Waals surface area contributed by atoms with Crippen LogP contribution in [0.2, 0.25) is 0 Å². The average Bonchev–Trinajstić information content (AvgIpc) is 2.37. The van der Waals surface area contributed by atoms with E-state index in [1.807, 2.05) is 6.92 Å². The molecular weight excluding hydrogens is 260 g/mol. The van der Waals surface area contributed by atoms with Crippen LogP contribution in [0, 0.1) is 17.0 Å². The summed E-state index contributed by atoms with van der Waals surface area (Å²) in [5.41, 5.74) is 1.37. The van der Waals surface area contributed by atoms with Gasteiger partial charge in [0, 0.05) is 12.6 Å². The van der Waals surface area contributed by atoms with Crippen LogP contribution in [0.3, 0.4) is 0 Å². The molecule has 1 N–H and O–H groups in total. The third kappa shape index (κ3) is 4.47. The molecule has 0 heterocycles. The number of hydrogen-bond donors (Lipinski definition) is 1. The Labute approximate surface area is 117 Å². The molecule has 0 saturated carbocycles. The van der Waals surface area contributed by atoms with Crippen molar-refractivity contribution >= 4 is 11.6 Å². The van der Waals surface area contributed by atoms with Gasteiger partial charge in [0.1, 0.15) is 5.56 Å². The first-order chi connectivity index (χ1) is 9.43. The van der Waals surface area contributed by atoms with E-state index in [1.54, 1.807) is 19.1 Å². The van der Waals surface area contributed by atoms with Gasteiger partial charge in [-0.05, 0) is 19.4 Å². The van der Waals surface area contributed by atoms with Crippen LogP contribution in [-0.2, 0) is 4.74 Å². The maximum Gasteiger partial charge on any atom is 0.282 e. The van der Waals surface area contributed by atoms with Gasteiger partial charge in [0.25, 0.3) is 11.6 Å². The summed E-state index contributed by atoms with van der Waals surface area (Å²) in [5.74, 6) is -0.464. The molecule has 0 fully saturated rings. The van der Waals surface area contributed by atoms with Crippen LogP contribution in [-0.4, -0.2) is 30.6 Å². The van der Waals surface area contributed by atoms with Crippen LogP contribution in [0.15, 0.2) is 30.4 Å². The molecule has 0 aliphatic rings. The van der Waals surface area contributed by atoms with Gasteiger partial charge < -0.3 is 10.1 Å². The number of benzene rings is 1. The highest BCUT2D eigenvalue weighted by Crippen LogP contribution is 2.21. The summed E-state index contributed by atoms with van der Waals surface area (Å²) in [5, 5.41) is 13.5. The highest BCUT2D eigenvalue weighted by Gasteiger charge is 2.21. The molecule has 20 heavy (non-hydrogen) atoms. The van der Waals surface area contributed by atoms with Crippen molar-refractivity contribution in [2.24, 2.45) is 0 Å². The zero-order valence-corrected chi connectivity index (χ0v) is 11.6. The first kappa shape index (κ1) is 15.8. The Morgan fingerprint density at radius 3 is 2.80 bits per heavy atom. The predicted octanol–water partition coefficient (Wildman–Crippen LogP) is 2.23. The van der Waals surface area contributed by atoms with Gasteiger partial charge in [0.15, 0.2) is 0 Å². The van der Waals surface area contributed by atoms with Crippen molar-refractivity contribution in [3.63, 3.8) is 0 Å². The first-order valence-corrected chi connectivity index (χ1v) is 6.17. The Morgan fingerprint density at radius 1 is 1.50 bits per heavy atom. The van der Waals surface area contributed by atoms with E-state index >= 15 is 0 Å². The molecule has 0 aromatic heterocycles.